The Bertz CT molecular complexity index is 671. The van der Waals surface area contributed by atoms with Gasteiger partial charge >= 0.3 is 12.6 Å². The number of halogens is 3. The van der Waals surface area contributed by atoms with E-state index in [1.807, 2.05) is 13.0 Å². The Balaban J connectivity index is 1.96. The molecule has 0 saturated heterocycles. The molecular formula is C15H14ClF2N3O2. The smallest absolute Gasteiger partial charge is 0.387 e. The van der Waals surface area contributed by atoms with Crippen molar-refractivity contribution in [1.82, 2.24) is 10.3 Å². The van der Waals surface area contributed by atoms with Crippen LogP contribution in [-0.4, -0.2) is 17.6 Å². The largest absolute Gasteiger partial charge is 0.433 e. The molecule has 23 heavy (non-hydrogen) atoms. The second-order valence-electron chi connectivity index (χ2n) is 4.63. The van der Waals surface area contributed by atoms with Crippen molar-refractivity contribution in [2.45, 2.75) is 19.6 Å². The Kier molecular flexibility index (Phi) is 5.70. The number of benzene rings is 1. The number of amides is 2. The van der Waals surface area contributed by atoms with Gasteiger partial charge in [-0.25, -0.2) is 4.79 Å². The number of nitrogens with zero attached hydrogens (tertiary/aromatic N) is 1. The highest BCUT2D eigenvalue weighted by molar-refractivity contribution is 6.32. The number of nitrogens with one attached hydrogen (secondary N) is 2. The summed E-state index contributed by atoms with van der Waals surface area (Å²) in [5.41, 5.74) is 1.20. The number of pyridine rings is 1. The SMILES string of the molecule is C[C@@H](NC(=O)Nc1ccc(OC(F)F)c(Cl)c1)c1cccnc1. The Morgan fingerprint density at radius 2 is 2.13 bits per heavy atom. The van der Waals surface area contributed by atoms with Gasteiger partial charge in [-0.05, 0) is 36.8 Å². The fourth-order valence-electron chi connectivity index (χ4n) is 1.85. The van der Waals surface area contributed by atoms with Crippen molar-refractivity contribution in [3.05, 3.63) is 53.3 Å². The lowest BCUT2D eigenvalue weighted by molar-refractivity contribution is -0.0497. The van der Waals surface area contributed by atoms with Crippen molar-refractivity contribution in [1.29, 1.82) is 0 Å². The maximum atomic E-state index is 12.2. The highest BCUT2D eigenvalue weighted by Gasteiger charge is 2.12. The first-order chi connectivity index (χ1) is 11.0. The molecule has 0 aliphatic carbocycles. The van der Waals surface area contributed by atoms with E-state index >= 15 is 0 Å². The van der Waals surface area contributed by atoms with Gasteiger partial charge < -0.3 is 15.4 Å². The van der Waals surface area contributed by atoms with E-state index in [-0.39, 0.29) is 16.8 Å². The number of urea groups is 1. The minimum atomic E-state index is -2.96. The van der Waals surface area contributed by atoms with E-state index in [0.717, 1.165) is 5.56 Å². The zero-order valence-electron chi connectivity index (χ0n) is 12.1. The van der Waals surface area contributed by atoms with E-state index in [1.54, 1.807) is 18.5 Å². The Hall–Kier alpha value is -2.41. The first-order valence-corrected chi connectivity index (χ1v) is 7.05. The molecule has 1 heterocycles. The molecule has 1 aromatic heterocycles. The van der Waals surface area contributed by atoms with Gasteiger partial charge in [-0.2, -0.15) is 8.78 Å². The Morgan fingerprint density at radius 3 is 2.74 bits per heavy atom. The average molecular weight is 342 g/mol. The summed E-state index contributed by atoms with van der Waals surface area (Å²) in [5.74, 6) is -0.156. The molecule has 0 aliphatic heterocycles. The zero-order valence-corrected chi connectivity index (χ0v) is 12.8. The van der Waals surface area contributed by atoms with Gasteiger partial charge in [0.2, 0.25) is 0 Å². The van der Waals surface area contributed by atoms with Gasteiger partial charge in [-0.15, -0.1) is 0 Å². The molecule has 0 radical (unpaired) electrons. The van der Waals surface area contributed by atoms with Crippen LogP contribution in [0, 0.1) is 0 Å². The molecule has 0 fully saturated rings. The van der Waals surface area contributed by atoms with Gasteiger partial charge in [-0.3, -0.25) is 4.98 Å². The third kappa shape index (κ3) is 5.07. The van der Waals surface area contributed by atoms with Crippen LogP contribution in [0.1, 0.15) is 18.5 Å². The van der Waals surface area contributed by atoms with Gasteiger partial charge in [-0.1, -0.05) is 17.7 Å². The molecule has 1 aromatic carbocycles. The summed E-state index contributed by atoms with van der Waals surface area (Å²) in [6.07, 6.45) is 3.29. The zero-order chi connectivity index (χ0) is 16.8. The molecule has 0 unspecified atom stereocenters. The van der Waals surface area contributed by atoms with Gasteiger partial charge in [0.05, 0.1) is 11.1 Å². The van der Waals surface area contributed by atoms with Crippen molar-refractivity contribution in [2.24, 2.45) is 0 Å². The number of rotatable bonds is 5. The Morgan fingerprint density at radius 1 is 1.35 bits per heavy atom. The average Bonchev–Trinajstić information content (AvgIpc) is 2.50. The highest BCUT2D eigenvalue weighted by Crippen LogP contribution is 2.28. The minimum Gasteiger partial charge on any atom is -0.433 e. The lowest BCUT2D eigenvalue weighted by Gasteiger charge is -2.15. The topological polar surface area (TPSA) is 63.2 Å². The standard InChI is InChI=1S/C15H14ClF2N3O2/c1-9(10-3-2-6-19-8-10)20-15(22)21-11-4-5-13(12(16)7-11)23-14(17)18/h2-9,14H,1H3,(H2,20,21,22)/t9-/m1/s1. The van der Waals surface area contributed by atoms with Crippen LogP contribution in [-0.2, 0) is 0 Å². The van der Waals surface area contributed by atoms with E-state index in [4.69, 9.17) is 11.6 Å². The molecule has 5 nitrogen and oxygen atoms in total. The van der Waals surface area contributed by atoms with Gasteiger partial charge in [0.25, 0.3) is 0 Å². The highest BCUT2D eigenvalue weighted by atomic mass is 35.5. The van der Waals surface area contributed by atoms with Crippen molar-refractivity contribution in [3.63, 3.8) is 0 Å². The predicted molar refractivity (Wildman–Crippen MR) is 82.9 cm³/mol. The summed E-state index contributed by atoms with van der Waals surface area (Å²) >= 11 is 5.82. The molecule has 2 aromatic rings. The number of aromatic nitrogens is 1. The molecule has 2 amide bonds. The van der Waals surface area contributed by atoms with E-state index in [2.05, 4.69) is 20.4 Å². The lowest BCUT2D eigenvalue weighted by Crippen LogP contribution is -2.31. The number of carbonyl (C=O) groups excluding carboxylic acids is 1. The third-order valence-corrected chi connectivity index (χ3v) is 3.23. The first kappa shape index (κ1) is 17.0. The summed E-state index contributed by atoms with van der Waals surface area (Å²) in [7, 11) is 0. The van der Waals surface area contributed by atoms with E-state index in [0.29, 0.717) is 5.69 Å². The van der Waals surface area contributed by atoms with Crippen LogP contribution < -0.4 is 15.4 Å². The Labute approximate surface area is 136 Å². The summed E-state index contributed by atoms with van der Waals surface area (Å²) in [5, 5.41) is 5.27. The second-order valence-corrected chi connectivity index (χ2v) is 5.04. The van der Waals surface area contributed by atoms with Crippen LogP contribution >= 0.6 is 11.6 Å². The van der Waals surface area contributed by atoms with E-state index < -0.39 is 12.6 Å². The molecule has 0 aliphatic rings. The minimum absolute atomic E-state index is 0.0246. The molecule has 1 atom stereocenters. The number of ether oxygens (including phenoxy) is 1. The molecule has 2 rings (SSSR count). The van der Waals surface area contributed by atoms with Crippen molar-refractivity contribution < 1.29 is 18.3 Å². The van der Waals surface area contributed by atoms with Gasteiger partial charge in [0, 0.05) is 18.1 Å². The number of hydrogen-bond acceptors (Lipinski definition) is 3. The lowest BCUT2D eigenvalue weighted by atomic mass is 10.1. The summed E-state index contributed by atoms with van der Waals surface area (Å²) in [4.78, 5) is 15.9. The van der Waals surface area contributed by atoms with Crippen LogP contribution in [0.2, 0.25) is 5.02 Å². The van der Waals surface area contributed by atoms with Crippen LogP contribution in [0.15, 0.2) is 42.7 Å². The maximum absolute atomic E-state index is 12.2. The molecular weight excluding hydrogens is 328 g/mol. The summed E-state index contributed by atoms with van der Waals surface area (Å²) < 4.78 is 28.5. The normalized spacial score (nSPS) is 11.9. The summed E-state index contributed by atoms with van der Waals surface area (Å²) in [6.45, 7) is -1.15. The van der Waals surface area contributed by atoms with Gasteiger partial charge in [0.15, 0.2) is 0 Å². The number of alkyl halides is 2. The second kappa shape index (κ2) is 7.73. The quantitative estimate of drug-likeness (QED) is 0.856. The van der Waals surface area contributed by atoms with Crippen LogP contribution in [0.5, 0.6) is 5.75 Å². The molecule has 2 N–H and O–H groups in total. The molecule has 8 heteroatoms. The molecule has 0 spiro atoms. The first-order valence-electron chi connectivity index (χ1n) is 6.67. The van der Waals surface area contributed by atoms with Crippen LogP contribution in [0.25, 0.3) is 0 Å². The number of hydrogen-bond donors (Lipinski definition) is 2. The van der Waals surface area contributed by atoms with Crippen LogP contribution in [0.3, 0.4) is 0 Å². The van der Waals surface area contributed by atoms with Crippen molar-refractivity contribution in [3.8, 4) is 5.75 Å². The van der Waals surface area contributed by atoms with E-state index in [9.17, 15) is 13.6 Å². The van der Waals surface area contributed by atoms with E-state index in [1.165, 1.54) is 18.2 Å². The van der Waals surface area contributed by atoms with Gasteiger partial charge in [0.1, 0.15) is 5.75 Å². The fourth-order valence-corrected chi connectivity index (χ4v) is 2.07. The molecule has 122 valence electrons. The molecule has 0 bridgehead atoms. The monoisotopic (exact) mass is 341 g/mol. The molecule has 0 saturated carbocycles. The van der Waals surface area contributed by atoms with Crippen molar-refractivity contribution in [2.75, 3.05) is 5.32 Å². The number of carbonyl (C=O) groups is 1. The van der Waals surface area contributed by atoms with Crippen LogP contribution in [0.4, 0.5) is 19.3 Å². The summed E-state index contributed by atoms with van der Waals surface area (Å²) in [6, 6.07) is 6.90. The number of anilines is 1. The third-order valence-electron chi connectivity index (χ3n) is 2.94. The maximum Gasteiger partial charge on any atom is 0.387 e. The fraction of sp³-hybridized carbons (Fsp3) is 0.200. The predicted octanol–water partition coefficient (Wildman–Crippen LogP) is 4.22. The van der Waals surface area contributed by atoms with Crippen molar-refractivity contribution >= 4 is 23.3 Å².